The van der Waals surface area contributed by atoms with Crippen molar-refractivity contribution in [1.82, 2.24) is 9.97 Å². The van der Waals surface area contributed by atoms with Crippen LogP contribution in [-0.4, -0.2) is 15.8 Å². The Bertz CT molecular complexity index is 482. The molecule has 0 amide bonds. The molecule has 15 heavy (non-hydrogen) atoms. The number of hydrogen-bond donors (Lipinski definition) is 2. The van der Waals surface area contributed by atoms with Crippen LogP contribution in [-0.2, 0) is 4.79 Å². The minimum Gasteiger partial charge on any atom is -0.314 e. The van der Waals surface area contributed by atoms with Crippen molar-refractivity contribution in [2.24, 2.45) is 0 Å². The van der Waals surface area contributed by atoms with E-state index in [0.29, 0.717) is 6.42 Å². The molecular weight excluding hydrogens is 196 g/mol. The SMILES string of the molecule is CCCC(=O)/C=C/c1c[nH]c(=O)[nH]c1=O. The lowest BCUT2D eigenvalue weighted by Gasteiger charge is -1.91. The van der Waals surface area contributed by atoms with Gasteiger partial charge in [-0.3, -0.25) is 14.6 Å². The summed E-state index contributed by atoms with van der Waals surface area (Å²) in [6, 6.07) is 0. The number of allylic oxidation sites excluding steroid dienone is 1. The lowest BCUT2D eigenvalue weighted by atomic mass is 10.2. The molecule has 0 saturated carbocycles. The molecule has 0 unspecified atom stereocenters. The number of H-pyrrole nitrogens is 2. The summed E-state index contributed by atoms with van der Waals surface area (Å²) in [5.41, 5.74) is -0.796. The van der Waals surface area contributed by atoms with Gasteiger partial charge in [0.15, 0.2) is 5.78 Å². The van der Waals surface area contributed by atoms with E-state index >= 15 is 0 Å². The van der Waals surface area contributed by atoms with Crippen LogP contribution in [0, 0.1) is 0 Å². The quantitative estimate of drug-likeness (QED) is 0.704. The van der Waals surface area contributed by atoms with Crippen LogP contribution in [0.5, 0.6) is 0 Å². The molecule has 0 radical (unpaired) electrons. The highest BCUT2D eigenvalue weighted by molar-refractivity contribution is 5.93. The predicted octanol–water partition coefficient (Wildman–Crippen LogP) is 0.446. The molecule has 0 saturated heterocycles. The third-order valence-corrected chi connectivity index (χ3v) is 1.79. The Morgan fingerprint density at radius 3 is 2.80 bits per heavy atom. The Labute approximate surface area is 85.9 Å². The fraction of sp³-hybridized carbons (Fsp3) is 0.300. The van der Waals surface area contributed by atoms with Gasteiger partial charge < -0.3 is 4.98 Å². The van der Waals surface area contributed by atoms with Crippen LogP contribution in [0.3, 0.4) is 0 Å². The number of hydrogen-bond acceptors (Lipinski definition) is 3. The van der Waals surface area contributed by atoms with Crippen molar-refractivity contribution < 1.29 is 4.79 Å². The highest BCUT2D eigenvalue weighted by atomic mass is 16.2. The molecule has 1 rings (SSSR count). The molecule has 0 aliphatic carbocycles. The van der Waals surface area contributed by atoms with Gasteiger partial charge in [0.1, 0.15) is 0 Å². The molecule has 1 heterocycles. The predicted molar refractivity (Wildman–Crippen MR) is 56.6 cm³/mol. The zero-order chi connectivity index (χ0) is 11.3. The van der Waals surface area contributed by atoms with E-state index in [2.05, 4.69) is 9.97 Å². The molecule has 0 aromatic carbocycles. The first-order valence-electron chi connectivity index (χ1n) is 4.66. The third kappa shape index (κ3) is 3.38. The van der Waals surface area contributed by atoms with Gasteiger partial charge in [0.05, 0.1) is 5.56 Å². The molecule has 0 fully saturated rings. The lowest BCUT2D eigenvalue weighted by molar-refractivity contribution is -0.114. The minimum absolute atomic E-state index is 0.0388. The van der Waals surface area contributed by atoms with E-state index < -0.39 is 11.2 Å². The average Bonchev–Trinajstić information content (AvgIpc) is 2.17. The van der Waals surface area contributed by atoms with E-state index in [1.54, 1.807) is 0 Å². The number of aromatic nitrogens is 2. The monoisotopic (exact) mass is 208 g/mol. The number of ketones is 1. The fourth-order valence-electron chi connectivity index (χ4n) is 1.06. The van der Waals surface area contributed by atoms with Crippen molar-refractivity contribution in [2.75, 3.05) is 0 Å². The summed E-state index contributed by atoms with van der Waals surface area (Å²) in [6.07, 6.45) is 5.24. The molecule has 0 bridgehead atoms. The number of carbonyl (C=O) groups excluding carboxylic acids is 1. The van der Waals surface area contributed by atoms with Crippen molar-refractivity contribution in [3.05, 3.63) is 38.7 Å². The number of rotatable bonds is 4. The first-order chi connectivity index (χ1) is 7.13. The van der Waals surface area contributed by atoms with E-state index in [4.69, 9.17) is 0 Å². The standard InChI is InChI=1S/C10H12N2O3/c1-2-3-8(13)5-4-7-6-11-10(15)12-9(7)14/h4-6H,2-3H2,1H3,(H2,11,12,14,15)/b5-4+. The molecular formula is C10H12N2O3. The summed E-state index contributed by atoms with van der Waals surface area (Å²) < 4.78 is 0. The maximum atomic E-state index is 11.2. The van der Waals surface area contributed by atoms with Crippen LogP contribution in [0.1, 0.15) is 25.3 Å². The van der Waals surface area contributed by atoms with E-state index in [1.165, 1.54) is 18.3 Å². The number of nitrogens with one attached hydrogen (secondary N) is 2. The first-order valence-corrected chi connectivity index (χ1v) is 4.66. The summed E-state index contributed by atoms with van der Waals surface area (Å²) in [7, 11) is 0. The molecule has 0 aliphatic heterocycles. The van der Waals surface area contributed by atoms with Crippen molar-refractivity contribution in [3.63, 3.8) is 0 Å². The first kappa shape index (κ1) is 11.2. The highest BCUT2D eigenvalue weighted by Crippen LogP contribution is 1.94. The van der Waals surface area contributed by atoms with Crippen molar-refractivity contribution in [2.45, 2.75) is 19.8 Å². The summed E-state index contributed by atoms with van der Waals surface area (Å²) in [4.78, 5) is 37.4. The summed E-state index contributed by atoms with van der Waals surface area (Å²) in [6.45, 7) is 1.90. The molecule has 0 spiro atoms. The second kappa shape index (κ2) is 5.09. The molecule has 2 N–H and O–H groups in total. The number of aromatic amines is 2. The summed E-state index contributed by atoms with van der Waals surface area (Å²) in [5.74, 6) is -0.0388. The van der Waals surface area contributed by atoms with Gasteiger partial charge in [0.2, 0.25) is 0 Å². The van der Waals surface area contributed by atoms with Crippen molar-refractivity contribution in [1.29, 1.82) is 0 Å². The Morgan fingerprint density at radius 2 is 2.20 bits per heavy atom. The molecule has 1 aromatic heterocycles. The van der Waals surface area contributed by atoms with Gasteiger partial charge in [0, 0.05) is 12.6 Å². The second-order valence-corrected chi connectivity index (χ2v) is 3.08. The average molecular weight is 208 g/mol. The topological polar surface area (TPSA) is 82.8 Å². The van der Waals surface area contributed by atoms with Gasteiger partial charge in [-0.05, 0) is 18.6 Å². The maximum absolute atomic E-state index is 11.2. The van der Waals surface area contributed by atoms with Crippen LogP contribution in [0.4, 0.5) is 0 Å². The third-order valence-electron chi connectivity index (χ3n) is 1.79. The Kier molecular flexibility index (Phi) is 3.79. The van der Waals surface area contributed by atoms with Crippen LogP contribution in [0.25, 0.3) is 6.08 Å². The summed E-state index contributed by atoms with van der Waals surface area (Å²) >= 11 is 0. The maximum Gasteiger partial charge on any atom is 0.325 e. The Balaban J connectivity index is 2.86. The molecule has 5 heteroatoms. The van der Waals surface area contributed by atoms with Crippen molar-refractivity contribution in [3.8, 4) is 0 Å². The van der Waals surface area contributed by atoms with Crippen LogP contribution >= 0.6 is 0 Å². The zero-order valence-corrected chi connectivity index (χ0v) is 8.37. The largest absolute Gasteiger partial charge is 0.325 e. The van der Waals surface area contributed by atoms with Gasteiger partial charge >= 0.3 is 5.69 Å². The Morgan fingerprint density at radius 1 is 1.47 bits per heavy atom. The van der Waals surface area contributed by atoms with Gasteiger partial charge in [-0.25, -0.2) is 4.79 Å². The molecule has 0 atom stereocenters. The van der Waals surface area contributed by atoms with Crippen molar-refractivity contribution >= 4 is 11.9 Å². The van der Waals surface area contributed by atoms with E-state index in [0.717, 1.165) is 6.42 Å². The number of carbonyl (C=O) groups is 1. The molecule has 80 valence electrons. The molecule has 0 aliphatic rings. The minimum atomic E-state index is -0.558. The van der Waals surface area contributed by atoms with Gasteiger partial charge in [-0.15, -0.1) is 0 Å². The normalized spacial score (nSPS) is 10.7. The highest BCUT2D eigenvalue weighted by Gasteiger charge is 1.97. The van der Waals surface area contributed by atoms with E-state index in [1.807, 2.05) is 6.92 Å². The lowest BCUT2D eigenvalue weighted by Crippen LogP contribution is -2.22. The Hall–Kier alpha value is -1.91. The van der Waals surface area contributed by atoms with Gasteiger partial charge in [-0.2, -0.15) is 0 Å². The van der Waals surface area contributed by atoms with Crippen LogP contribution in [0.2, 0.25) is 0 Å². The van der Waals surface area contributed by atoms with Crippen LogP contribution < -0.4 is 11.2 Å². The van der Waals surface area contributed by atoms with Gasteiger partial charge in [0.25, 0.3) is 5.56 Å². The van der Waals surface area contributed by atoms with E-state index in [9.17, 15) is 14.4 Å². The fourth-order valence-corrected chi connectivity index (χ4v) is 1.06. The smallest absolute Gasteiger partial charge is 0.314 e. The van der Waals surface area contributed by atoms with E-state index in [-0.39, 0.29) is 11.3 Å². The second-order valence-electron chi connectivity index (χ2n) is 3.08. The van der Waals surface area contributed by atoms with Crippen LogP contribution in [0.15, 0.2) is 21.9 Å². The summed E-state index contributed by atoms with van der Waals surface area (Å²) in [5, 5.41) is 0. The molecule has 5 nitrogen and oxygen atoms in total. The zero-order valence-electron chi connectivity index (χ0n) is 8.37. The van der Waals surface area contributed by atoms with Gasteiger partial charge in [-0.1, -0.05) is 6.92 Å². The molecule has 1 aromatic rings.